The zero-order chi connectivity index (χ0) is 31.3. The molecule has 7 aromatic carbocycles. The molecule has 0 aliphatic heterocycles. The highest BCUT2D eigenvalue weighted by molar-refractivity contribution is 6.34. The van der Waals surface area contributed by atoms with Gasteiger partial charge in [0, 0.05) is 43.3 Å². The van der Waals surface area contributed by atoms with Crippen molar-refractivity contribution in [2.75, 3.05) is 0 Å². The van der Waals surface area contributed by atoms with Crippen LogP contribution in [0.15, 0.2) is 158 Å². The third-order valence-electron chi connectivity index (χ3n) is 10.0. The lowest BCUT2D eigenvalue weighted by Gasteiger charge is -2.13. The Labute approximate surface area is 275 Å². The fraction of sp³-hybridized carbons (Fsp3) is 0. The summed E-state index contributed by atoms with van der Waals surface area (Å²) in [5.74, 6) is 1.60. The molecule has 0 saturated heterocycles. The predicted molar refractivity (Wildman–Crippen MR) is 199 cm³/mol. The summed E-state index contributed by atoms with van der Waals surface area (Å²) >= 11 is 0. The maximum absolute atomic E-state index is 5.43. The second-order valence-electron chi connectivity index (χ2n) is 12.6. The number of aromatic nitrogens is 4. The van der Waals surface area contributed by atoms with Crippen LogP contribution in [0.4, 0.5) is 0 Å². The van der Waals surface area contributed by atoms with E-state index >= 15 is 0 Å². The van der Waals surface area contributed by atoms with E-state index in [0.717, 1.165) is 27.8 Å². The molecule has 4 heteroatoms. The van der Waals surface area contributed by atoms with E-state index in [1.165, 1.54) is 65.5 Å². The van der Waals surface area contributed by atoms with Crippen molar-refractivity contribution in [2.24, 2.45) is 0 Å². The minimum Gasteiger partial charge on any atom is -0.308 e. The summed E-state index contributed by atoms with van der Waals surface area (Å²) in [6, 6.07) is 56.2. The predicted octanol–water partition coefficient (Wildman–Crippen LogP) is 11.2. The zero-order valence-corrected chi connectivity index (χ0v) is 25.8. The van der Waals surface area contributed by atoms with E-state index in [-0.39, 0.29) is 0 Å². The molecule has 0 N–H and O–H groups in total. The molecule has 0 bridgehead atoms. The smallest absolute Gasteiger partial charge is 0.162 e. The molecule has 0 unspecified atom stereocenters. The number of para-hydroxylation sites is 4. The second-order valence-corrected chi connectivity index (χ2v) is 12.6. The number of rotatable bonds is 3. The first-order valence-electron chi connectivity index (χ1n) is 16.4. The van der Waals surface area contributed by atoms with E-state index in [0.29, 0.717) is 5.82 Å². The summed E-state index contributed by atoms with van der Waals surface area (Å²) in [5.41, 5.74) is 10.3. The quantitative estimate of drug-likeness (QED) is 0.199. The summed E-state index contributed by atoms with van der Waals surface area (Å²) in [5, 5.41) is 8.50. The number of hydrogen-bond acceptors (Lipinski definition) is 2. The Hall–Kier alpha value is -6.52. The Bertz CT molecular complexity index is 3040. The highest BCUT2D eigenvalue weighted by Crippen LogP contribution is 2.46. The van der Waals surface area contributed by atoms with Crippen LogP contribution in [0.3, 0.4) is 0 Å². The molecule has 11 aromatic rings. The molecule has 0 atom stereocenters. The van der Waals surface area contributed by atoms with Crippen LogP contribution < -0.4 is 0 Å². The van der Waals surface area contributed by atoms with E-state index in [4.69, 9.17) is 9.97 Å². The van der Waals surface area contributed by atoms with Crippen molar-refractivity contribution >= 4 is 70.8 Å². The molecule has 0 fully saturated rings. The van der Waals surface area contributed by atoms with Gasteiger partial charge in [0.15, 0.2) is 5.82 Å². The fourth-order valence-corrected chi connectivity index (χ4v) is 7.98. The number of benzene rings is 7. The van der Waals surface area contributed by atoms with Crippen molar-refractivity contribution in [2.45, 2.75) is 0 Å². The molecule has 0 aliphatic rings. The van der Waals surface area contributed by atoms with Crippen molar-refractivity contribution in [3.8, 4) is 28.3 Å². The first-order chi connectivity index (χ1) is 23.8. The van der Waals surface area contributed by atoms with Crippen LogP contribution in [0.2, 0.25) is 0 Å². The summed E-state index contributed by atoms with van der Waals surface area (Å²) < 4.78 is 4.85. The minimum absolute atomic E-state index is 0.709. The summed E-state index contributed by atoms with van der Waals surface area (Å²) in [4.78, 5) is 10.6. The van der Waals surface area contributed by atoms with E-state index in [2.05, 4.69) is 161 Å². The maximum atomic E-state index is 5.43. The lowest BCUT2D eigenvalue weighted by molar-refractivity contribution is 1.08. The molecule has 0 saturated carbocycles. The fourth-order valence-electron chi connectivity index (χ4n) is 7.98. The van der Waals surface area contributed by atoms with Crippen molar-refractivity contribution in [3.05, 3.63) is 158 Å². The Morgan fingerprint density at radius 1 is 0.375 bits per heavy atom. The van der Waals surface area contributed by atoms with Crippen LogP contribution in [0.25, 0.3) is 99.1 Å². The maximum Gasteiger partial charge on any atom is 0.162 e. The van der Waals surface area contributed by atoms with Gasteiger partial charge in [-0.2, -0.15) is 0 Å². The molecule has 0 aliphatic carbocycles. The first kappa shape index (κ1) is 25.6. The van der Waals surface area contributed by atoms with Gasteiger partial charge < -0.3 is 4.40 Å². The van der Waals surface area contributed by atoms with E-state index in [1.807, 2.05) is 6.07 Å². The zero-order valence-electron chi connectivity index (χ0n) is 25.8. The Morgan fingerprint density at radius 3 is 1.69 bits per heavy atom. The molecule has 4 aromatic heterocycles. The molecule has 11 rings (SSSR count). The number of hydrogen-bond donors (Lipinski definition) is 0. The largest absolute Gasteiger partial charge is 0.308 e. The van der Waals surface area contributed by atoms with Crippen molar-refractivity contribution in [1.82, 2.24) is 18.9 Å². The van der Waals surface area contributed by atoms with Crippen LogP contribution in [0.5, 0.6) is 0 Å². The van der Waals surface area contributed by atoms with Crippen molar-refractivity contribution in [3.63, 3.8) is 0 Å². The van der Waals surface area contributed by atoms with Gasteiger partial charge in [-0.3, -0.25) is 4.57 Å². The highest BCUT2D eigenvalue weighted by Gasteiger charge is 2.25. The lowest BCUT2D eigenvalue weighted by atomic mass is 10.0. The molecule has 222 valence electrons. The number of nitrogens with zero attached hydrogens (tertiary/aromatic N) is 4. The van der Waals surface area contributed by atoms with Gasteiger partial charge in [-0.1, -0.05) is 121 Å². The monoisotopic (exact) mass is 610 g/mol. The van der Waals surface area contributed by atoms with Gasteiger partial charge in [-0.25, -0.2) is 9.97 Å². The summed E-state index contributed by atoms with van der Waals surface area (Å²) in [6.45, 7) is 0. The third-order valence-corrected chi connectivity index (χ3v) is 10.0. The highest BCUT2D eigenvalue weighted by atomic mass is 15.1. The normalized spacial score (nSPS) is 12.2. The van der Waals surface area contributed by atoms with E-state index in [1.54, 1.807) is 0 Å². The van der Waals surface area contributed by atoms with Gasteiger partial charge >= 0.3 is 0 Å². The van der Waals surface area contributed by atoms with Gasteiger partial charge in [-0.15, -0.1) is 0 Å². The van der Waals surface area contributed by atoms with Gasteiger partial charge in [0.2, 0.25) is 0 Å². The molecular formula is C44H26N4. The SMILES string of the molecule is c1ccc(-c2ccc(-c3nc(-n4c5ccccc5c5cc6c7ccccc7n7c8ccccc8c(c54)c67)c4ccccc4n3)cc2)cc1. The van der Waals surface area contributed by atoms with Crippen LogP contribution >= 0.6 is 0 Å². The molecule has 0 radical (unpaired) electrons. The summed E-state index contributed by atoms with van der Waals surface area (Å²) in [6.07, 6.45) is 0. The van der Waals surface area contributed by atoms with E-state index in [9.17, 15) is 0 Å². The van der Waals surface area contributed by atoms with Crippen LogP contribution in [0.1, 0.15) is 0 Å². The lowest BCUT2D eigenvalue weighted by Crippen LogP contribution is -2.03. The van der Waals surface area contributed by atoms with Gasteiger partial charge in [0.25, 0.3) is 0 Å². The van der Waals surface area contributed by atoms with Crippen LogP contribution in [0, 0.1) is 0 Å². The van der Waals surface area contributed by atoms with Crippen molar-refractivity contribution in [1.29, 1.82) is 0 Å². The minimum atomic E-state index is 0.709. The van der Waals surface area contributed by atoms with Gasteiger partial charge in [-0.05, 0) is 47.5 Å². The topological polar surface area (TPSA) is 35.1 Å². The third kappa shape index (κ3) is 3.38. The standard InChI is InChI=1S/C44H26N4/c1-2-12-27(13-3-1)28-22-24-29(25-23-28)43-45-36-18-8-4-16-32(36)44(46-43)48-38-20-10-6-15-31(38)35-26-34-30-14-5-9-19-37(30)47-39-21-11-7-17-33(39)40(41(34)47)42(35)48/h1-26H. The average Bonchev–Trinajstić information content (AvgIpc) is 3.79. The molecule has 0 spiro atoms. The van der Waals surface area contributed by atoms with Gasteiger partial charge in [0.1, 0.15) is 5.82 Å². The second kappa shape index (κ2) is 9.50. The number of fused-ring (bicyclic) bond motifs is 11. The van der Waals surface area contributed by atoms with Crippen LogP contribution in [-0.2, 0) is 0 Å². The molecule has 4 heterocycles. The van der Waals surface area contributed by atoms with Crippen molar-refractivity contribution < 1.29 is 0 Å². The van der Waals surface area contributed by atoms with E-state index < -0.39 is 0 Å². The Kier molecular flexibility index (Phi) is 5.08. The van der Waals surface area contributed by atoms with Gasteiger partial charge in [0.05, 0.1) is 33.1 Å². The molecule has 48 heavy (non-hydrogen) atoms. The first-order valence-corrected chi connectivity index (χ1v) is 16.4. The molecular weight excluding hydrogens is 585 g/mol. The molecule has 4 nitrogen and oxygen atoms in total. The van der Waals surface area contributed by atoms with Crippen LogP contribution in [-0.4, -0.2) is 18.9 Å². The molecule has 0 amide bonds. The Morgan fingerprint density at radius 2 is 0.917 bits per heavy atom. The summed E-state index contributed by atoms with van der Waals surface area (Å²) in [7, 11) is 0. The Balaban J connectivity index is 1.28. The average molecular weight is 611 g/mol.